The molecule has 0 aliphatic heterocycles. The number of alkyl halides is 3. The predicted molar refractivity (Wildman–Crippen MR) is 136 cm³/mol. The molecule has 194 valence electrons. The van der Waals surface area contributed by atoms with Gasteiger partial charge in [0, 0.05) is 0 Å². The Hall–Kier alpha value is -4.59. The van der Waals surface area contributed by atoms with E-state index in [1.165, 1.54) is 12.1 Å². The second-order valence-electron chi connectivity index (χ2n) is 9.01. The lowest BCUT2D eigenvalue weighted by atomic mass is 9.85. The number of ether oxygens (including phenoxy) is 1. The molecule has 0 N–H and O–H groups in total. The fraction of sp³-hybridized carbons (Fsp3) is 0.0323. The minimum absolute atomic E-state index is 0.167. The summed E-state index contributed by atoms with van der Waals surface area (Å²) in [6.45, 7) is 0. The van der Waals surface area contributed by atoms with Gasteiger partial charge in [-0.2, -0.15) is 0 Å². The number of halogens is 7. The quantitative estimate of drug-likeness (QED) is 0.162. The second-order valence-corrected chi connectivity index (χ2v) is 9.01. The van der Waals surface area contributed by atoms with E-state index in [9.17, 15) is 30.7 Å². The van der Waals surface area contributed by atoms with Gasteiger partial charge >= 0.3 is 6.36 Å². The van der Waals surface area contributed by atoms with Crippen LogP contribution in [0.5, 0.6) is 5.75 Å². The number of hydrogen-bond donors (Lipinski definition) is 0. The number of hydrogen-bond acceptors (Lipinski definition) is 1. The van der Waals surface area contributed by atoms with Crippen molar-refractivity contribution in [3.63, 3.8) is 0 Å². The molecule has 0 saturated carbocycles. The van der Waals surface area contributed by atoms with Crippen LogP contribution < -0.4 is 4.74 Å². The molecule has 0 radical (unpaired) electrons. The van der Waals surface area contributed by atoms with Gasteiger partial charge in [-0.15, -0.1) is 13.2 Å². The Morgan fingerprint density at radius 2 is 0.897 bits per heavy atom. The number of benzene rings is 6. The van der Waals surface area contributed by atoms with Crippen molar-refractivity contribution >= 4 is 32.3 Å². The summed E-state index contributed by atoms with van der Waals surface area (Å²) in [5.41, 5.74) is 1.37. The van der Waals surface area contributed by atoms with Gasteiger partial charge in [0.2, 0.25) is 0 Å². The van der Waals surface area contributed by atoms with Crippen LogP contribution in [0.15, 0.2) is 91.0 Å². The standard InChI is InChI=1S/C31H15F7O/c32-25-12-21-23(14-27(25)34)30(19-6-5-16-3-1-2-4-18(16)11-19)24-15-28(35)26(33)13-22(24)29(21)17-7-9-20(10-8-17)39-31(36,37)38/h1-15H. The first kappa shape index (κ1) is 24.7. The topological polar surface area (TPSA) is 9.23 Å². The van der Waals surface area contributed by atoms with Gasteiger partial charge in [-0.1, -0.05) is 48.5 Å². The van der Waals surface area contributed by atoms with Gasteiger partial charge in [-0.3, -0.25) is 0 Å². The van der Waals surface area contributed by atoms with Crippen LogP contribution in [-0.2, 0) is 0 Å². The van der Waals surface area contributed by atoms with Gasteiger partial charge in [0.25, 0.3) is 0 Å². The van der Waals surface area contributed by atoms with Crippen molar-refractivity contribution in [2.24, 2.45) is 0 Å². The van der Waals surface area contributed by atoms with E-state index in [0.717, 1.165) is 47.2 Å². The summed E-state index contributed by atoms with van der Waals surface area (Å²) >= 11 is 0. The van der Waals surface area contributed by atoms with Crippen molar-refractivity contribution in [2.45, 2.75) is 6.36 Å². The molecular weight excluding hydrogens is 521 g/mol. The summed E-state index contributed by atoms with van der Waals surface area (Å²) in [7, 11) is 0. The lowest BCUT2D eigenvalue weighted by molar-refractivity contribution is -0.274. The summed E-state index contributed by atoms with van der Waals surface area (Å²) in [5.74, 6) is -5.14. The molecule has 1 nitrogen and oxygen atoms in total. The third-order valence-electron chi connectivity index (χ3n) is 6.61. The van der Waals surface area contributed by atoms with Crippen LogP contribution in [-0.4, -0.2) is 6.36 Å². The summed E-state index contributed by atoms with van der Waals surface area (Å²) in [6.07, 6.45) is -4.91. The van der Waals surface area contributed by atoms with Crippen molar-refractivity contribution in [3.05, 3.63) is 114 Å². The van der Waals surface area contributed by atoms with Crippen molar-refractivity contribution in [1.82, 2.24) is 0 Å². The molecule has 0 aromatic heterocycles. The number of fused-ring (bicyclic) bond motifs is 3. The molecule has 0 amide bonds. The lowest BCUT2D eigenvalue weighted by Gasteiger charge is -2.19. The van der Waals surface area contributed by atoms with E-state index in [4.69, 9.17) is 0 Å². The van der Waals surface area contributed by atoms with Crippen LogP contribution in [0.25, 0.3) is 54.6 Å². The molecule has 0 unspecified atom stereocenters. The fourth-order valence-electron chi connectivity index (χ4n) is 5.00. The van der Waals surface area contributed by atoms with Gasteiger partial charge in [0.15, 0.2) is 23.3 Å². The third-order valence-corrected chi connectivity index (χ3v) is 6.61. The molecule has 6 aromatic rings. The van der Waals surface area contributed by atoms with Crippen molar-refractivity contribution in [1.29, 1.82) is 0 Å². The first-order valence-electron chi connectivity index (χ1n) is 11.7. The van der Waals surface area contributed by atoms with Gasteiger partial charge < -0.3 is 4.74 Å². The molecule has 0 atom stereocenters. The Morgan fingerprint density at radius 3 is 1.38 bits per heavy atom. The smallest absolute Gasteiger partial charge is 0.406 e. The highest BCUT2D eigenvalue weighted by Gasteiger charge is 2.31. The second kappa shape index (κ2) is 9.01. The Bertz CT molecular complexity index is 1840. The molecule has 0 spiro atoms. The summed E-state index contributed by atoms with van der Waals surface area (Å²) < 4.78 is 101. The van der Waals surface area contributed by atoms with Crippen molar-refractivity contribution in [2.75, 3.05) is 0 Å². The van der Waals surface area contributed by atoms with E-state index < -0.39 is 35.4 Å². The highest BCUT2D eigenvalue weighted by atomic mass is 19.4. The molecule has 8 heteroatoms. The molecule has 6 rings (SSSR count). The lowest BCUT2D eigenvalue weighted by Crippen LogP contribution is -2.16. The molecular formula is C31H15F7O. The van der Waals surface area contributed by atoms with Gasteiger partial charge in [0.05, 0.1) is 0 Å². The van der Waals surface area contributed by atoms with E-state index in [-0.39, 0.29) is 32.7 Å². The zero-order chi connectivity index (χ0) is 27.5. The molecule has 0 saturated heterocycles. The largest absolute Gasteiger partial charge is 0.573 e. The highest BCUT2D eigenvalue weighted by molar-refractivity contribution is 6.21. The van der Waals surface area contributed by atoms with Crippen molar-refractivity contribution < 1.29 is 35.5 Å². The van der Waals surface area contributed by atoms with E-state index in [1.54, 1.807) is 6.07 Å². The Morgan fingerprint density at radius 1 is 0.462 bits per heavy atom. The third kappa shape index (κ3) is 4.41. The Labute approximate surface area is 216 Å². The maximum atomic E-state index is 14.7. The van der Waals surface area contributed by atoms with Crippen LogP contribution in [0.2, 0.25) is 0 Å². The van der Waals surface area contributed by atoms with Crippen LogP contribution in [0.4, 0.5) is 30.7 Å². The first-order chi connectivity index (χ1) is 18.6. The zero-order valence-electron chi connectivity index (χ0n) is 19.7. The van der Waals surface area contributed by atoms with Crippen LogP contribution >= 0.6 is 0 Å². The van der Waals surface area contributed by atoms with Crippen LogP contribution in [0, 0.1) is 23.3 Å². The number of rotatable bonds is 3. The summed E-state index contributed by atoms with van der Waals surface area (Å²) in [6, 6.07) is 21.4. The normalized spacial score (nSPS) is 12.0. The molecule has 0 aliphatic carbocycles. The fourth-order valence-corrected chi connectivity index (χ4v) is 5.00. The molecule has 0 fully saturated rings. The van der Waals surface area contributed by atoms with Crippen molar-refractivity contribution in [3.8, 4) is 28.0 Å². The van der Waals surface area contributed by atoms with Gasteiger partial charge in [0.1, 0.15) is 5.75 Å². The van der Waals surface area contributed by atoms with E-state index in [0.29, 0.717) is 11.1 Å². The Kier molecular flexibility index (Phi) is 5.71. The highest BCUT2D eigenvalue weighted by Crippen LogP contribution is 2.45. The Balaban J connectivity index is 1.73. The summed E-state index contributed by atoms with van der Waals surface area (Å²) in [5, 5.41) is 2.52. The van der Waals surface area contributed by atoms with E-state index in [1.807, 2.05) is 36.4 Å². The molecule has 0 bridgehead atoms. The first-order valence-corrected chi connectivity index (χ1v) is 11.7. The molecule has 39 heavy (non-hydrogen) atoms. The van der Waals surface area contributed by atoms with Crippen LogP contribution in [0.3, 0.4) is 0 Å². The summed E-state index contributed by atoms with van der Waals surface area (Å²) in [4.78, 5) is 0. The monoisotopic (exact) mass is 536 g/mol. The molecule has 0 aliphatic rings. The average molecular weight is 536 g/mol. The van der Waals surface area contributed by atoms with Gasteiger partial charge in [-0.25, -0.2) is 17.6 Å². The minimum atomic E-state index is -4.91. The maximum Gasteiger partial charge on any atom is 0.573 e. The average Bonchev–Trinajstić information content (AvgIpc) is 2.89. The molecule has 6 aromatic carbocycles. The predicted octanol–water partition coefficient (Wildman–Crippen LogP) is 9.94. The zero-order valence-corrected chi connectivity index (χ0v) is 19.7. The van der Waals surface area contributed by atoms with E-state index in [2.05, 4.69) is 4.74 Å². The molecule has 0 heterocycles. The van der Waals surface area contributed by atoms with Gasteiger partial charge in [-0.05, 0) is 97.0 Å². The SMILES string of the molecule is Fc1cc2c(-c3ccc(OC(F)(F)F)cc3)c3cc(F)c(F)cc3c(-c3ccc4ccccc4c3)c2cc1F. The minimum Gasteiger partial charge on any atom is -0.406 e. The maximum absolute atomic E-state index is 14.7. The van der Waals surface area contributed by atoms with Crippen LogP contribution in [0.1, 0.15) is 0 Å². The van der Waals surface area contributed by atoms with E-state index >= 15 is 0 Å².